The van der Waals surface area contributed by atoms with Crippen molar-refractivity contribution in [1.82, 2.24) is 0 Å². The van der Waals surface area contributed by atoms with Gasteiger partial charge in [0.15, 0.2) is 0 Å². The van der Waals surface area contributed by atoms with E-state index in [2.05, 4.69) is 5.32 Å². The van der Waals surface area contributed by atoms with Gasteiger partial charge in [0.25, 0.3) is 5.69 Å². The number of phenols is 1. The number of aromatic hydroxyl groups is 1. The molecule has 0 heterocycles. The maximum absolute atomic E-state index is 10.8. The van der Waals surface area contributed by atoms with Gasteiger partial charge in [-0.25, -0.2) is 0 Å². The van der Waals surface area contributed by atoms with Gasteiger partial charge in [0.05, 0.1) is 10.6 Å². The van der Waals surface area contributed by atoms with Crippen molar-refractivity contribution >= 4 is 17.1 Å². The lowest BCUT2D eigenvalue weighted by atomic mass is 10.2. The van der Waals surface area contributed by atoms with E-state index in [1.165, 1.54) is 12.1 Å². The molecule has 0 aromatic heterocycles. The molecule has 0 amide bonds. The van der Waals surface area contributed by atoms with Gasteiger partial charge in [-0.2, -0.15) is 0 Å². The first-order valence-electron chi connectivity index (χ1n) is 4.97. The summed E-state index contributed by atoms with van der Waals surface area (Å²) in [6, 6.07) is 12.8. The molecule has 0 saturated carbocycles. The molecule has 0 spiro atoms. The quantitative estimate of drug-likeness (QED) is 0.482. The van der Waals surface area contributed by atoms with Crippen molar-refractivity contribution in [2.75, 3.05) is 5.32 Å². The Balaban J connectivity index is 2.37. The van der Waals surface area contributed by atoms with Crippen molar-refractivity contribution < 1.29 is 10.0 Å². The molecule has 0 aliphatic rings. The van der Waals surface area contributed by atoms with Crippen LogP contribution in [-0.2, 0) is 0 Å². The fraction of sp³-hybridized carbons (Fsp3) is 0. The summed E-state index contributed by atoms with van der Waals surface area (Å²) in [6.07, 6.45) is 0. The molecule has 0 aliphatic carbocycles. The summed E-state index contributed by atoms with van der Waals surface area (Å²) in [4.78, 5) is 10.3. The predicted octanol–water partition coefficient (Wildman–Crippen LogP) is 3.04. The molecule has 0 saturated heterocycles. The Bertz CT molecular complexity index is 555. The second-order valence-electron chi connectivity index (χ2n) is 3.42. The average Bonchev–Trinajstić information content (AvgIpc) is 2.32. The fourth-order valence-electron chi connectivity index (χ4n) is 1.46. The molecular formula is C12H10N2O3. The number of benzene rings is 2. The highest BCUT2D eigenvalue weighted by atomic mass is 16.6. The average molecular weight is 230 g/mol. The number of nitro groups is 1. The standard InChI is InChI=1S/C12H10N2O3/c15-12-8-4-2-6-10(12)13-9-5-1-3-7-11(9)14(16)17/h1-8,13,15H. The van der Waals surface area contributed by atoms with Crippen LogP contribution in [0.25, 0.3) is 0 Å². The minimum Gasteiger partial charge on any atom is -0.506 e. The van der Waals surface area contributed by atoms with Crippen molar-refractivity contribution in [1.29, 1.82) is 0 Å². The Kier molecular flexibility index (Phi) is 2.91. The number of hydrogen-bond donors (Lipinski definition) is 2. The minimum atomic E-state index is -0.470. The number of nitrogens with one attached hydrogen (secondary N) is 1. The van der Waals surface area contributed by atoms with E-state index in [-0.39, 0.29) is 11.4 Å². The molecule has 2 aromatic carbocycles. The van der Waals surface area contributed by atoms with Crippen LogP contribution in [-0.4, -0.2) is 10.0 Å². The van der Waals surface area contributed by atoms with Gasteiger partial charge >= 0.3 is 0 Å². The van der Waals surface area contributed by atoms with E-state index in [0.717, 1.165) is 0 Å². The molecule has 2 N–H and O–H groups in total. The van der Waals surface area contributed by atoms with Crippen molar-refractivity contribution in [2.45, 2.75) is 0 Å². The third kappa shape index (κ3) is 2.34. The Morgan fingerprint density at radius 2 is 1.59 bits per heavy atom. The summed E-state index contributed by atoms with van der Waals surface area (Å²) in [5.41, 5.74) is 0.747. The van der Waals surface area contributed by atoms with Gasteiger partial charge in [0, 0.05) is 6.07 Å². The number of anilines is 2. The second-order valence-corrected chi connectivity index (χ2v) is 3.42. The zero-order valence-corrected chi connectivity index (χ0v) is 8.83. The Hall–Kier alpha value is -2.56. The molecule has 0 bridgehead atoms. The van der Waals surface area contributed by atoms with Crippen molar-refractivity contribution in [2.24, 2.45) is 0 Å². The van der Waals surface area contributed by atoms with Crippen LogP contribution in [0, 0.1) is 10.1 Å². The largest absolute Gasteiger partial charge is 0.506 e. The van der Waals surface area contributed by atoms with Crippen LogP contribution in [0.5, 0.6) is 5.75 Å². The Labute approximate surface area is 97.5 Å². The van der Waals surface area contributed by atoms with E-state index in [1.54, 1.807) is 36.4 Å². The lowest BCUT2D eigenvalue weighted by Crippen LogP contribution is -1.96. The van der Waals surface area contributed by atoms with Crippen molar-refractivity contribution in [3.8, 4) is 5.75 Å². The maximum atomic E-state index is 10.8. The van der Waals surface area contributed by atoms with Crippen molar-refractivity contribution in [3.05, 3.63) is 58.6 Å². The molecule has 0 aliphatic heterocycles. The molecule has 17 heavy (non-hydrogen) atoms. The highest BCUT2D eigenvalue weighted by molar-refractivity contribution is 5.72. The lowest BCUT2D eigenvalue weighted by Gasteiger charge is -2.08. The first kappa shape index (κ1) is 10.9. The summed E-state index contributed by atoms with van der Waals surface area (Å²) in [7, 11) is 0. The van der Waals surface area contributed by atoms with Crippen LogP contribution in [0.3, 0.4) is 0 Å². The summed E-state index contributed by atoms with van der Waals surface area (Å²) in [5, 5.41) is 23.2. The topological polar surface area (TPSA) is 75.4 Å². The van der Waals surface area contributed by atoms with Crippen molar-refractivity contribution in [3.63, 3.8) is 0 Å². The van der Waals surface area contributed by atoms with Crippen LogP contribution >= 0.6 is 0 Å². The summed E-state index contributed by atoms with van der Waals surface area (Å²) < 4.78 is 0. The van der Waals surface area contributed by atoms with Gasteiger partial charge in [-0.3, -0.25) is 10.1 Å². The number of para-hydroxylation sites is 4. The fourth-order valence-corrected chi connectivity index (χ4v) is 1.46. The first-order chi connectivity index (χ1) is 8.18. The van der Waals surface area contributed by atoms with E-state index in [0.29, 0.717) is 11.4 Å². The molecule has 2 rings (SSSR count). The van der Waals surface area contributed by atoms with E-state index >= 15 is 0 Å². The van der Waals surface area contributed by atoms with Gasteiger partial charge in [0.2, 0.25) is 0 Å². The predicted molar refractivity (Wildman–Crippen MR) is 64.5 cm³/mol. The van der Waals surface area contributed by atoms with Gasteiger partial charge < -0.3 is 10.4 Å². The van der Waals surface area contributed by atoms with Crippen LogP contribution in [0.1, 0.15) is 0 Å². The summed E-state index contributed by atoms with van der Waals surface area (Å²) in [6.45, 7) is 0. The van der Waals surface area contributed by atoms with Crippen LogP contribution < -0.4 is 5.32 Å². The van der Waals surface area contributed by atoms with E-state index < -0.39 is 4.92 Å². The number of nitro benzene ring substituents is 1. The van der Waals surface area contributed by atoms with E-state index in [9.17, 15) is 15.2 Å². The molecule has 0 fully saturated rings. The molecular weight excluding hydrogens is 220 g/mol. The van der Waals surface area contributed by atoms with Crippen LogP contribution in [0.4, 0.5) is 17.1 Å². The van der Waals surface area contributed by atoms with Crippen LogP contribution in [0.15, 0.2) is 48.5 Å². The molecule has 5 nitrogen and oxygen atoms in total. The molecule has 5 heteroatoms. The normalized spacial score (nSPS) is 9.88. The molecule has 0 unspecified atom stereocenters. The smallest absolute Gasteiger partial charge is 0.292 e. The zero-order valence-electron chi connectivity index (χ0n) is 8.83. The Morgan fingerprint density at radius 1 is 1.00 bits per heavy atom. The highest BCUT2D eigenvalue weighted by Crippen LogP contribution is 2.30. The molecule has 0 atom stereocenters. The number of hydrogen-bond acceptors (Lipinski definition) is 4. The second kappa shape index (κ2) is 4.52. The summed E-state index contributed by atoms with van der Waals surface area (Å²) in [5.74, 6) is 0.0469. The molecule has 0 radical (unpaired) electrons. The number of rotatable bonds is 3. The molecule has 2 aromatic rings. The Morgan fingerprint density at radius 3 is 2.24 bits per heavy atom. The SMILES string of the molecule is O=[N+]([O-])c1ccccc1Nc1ccccc1O. The maximum Gasteiger partial charge on any atom is 0.292 e. The molecule has 86 valence electrons. The first-order valence-corrected chi connectivity index (χ1v) is 4.97. The van der Waals surface area contributed by atoms with Gasteiger partial charge in [-0.15, -0.1) is 0 Å². The summed E-state index contributed by atoms with van der Waals surface area (Å²) >= 11 is 0. The zero-order chi connectivity index (χ0) is 12.3. The van der Waals surface area contributed by atoms with Crippen LogP contribution in [0.2, 0.25) is 0 Å². The monoisotopic (exact) mass is 230 g/mol. The lowest BCUT2D eigenvalue weighted by molar-refractivity contribution is -0.383. The number of phenolic OH excluding ortho intramolecular Hbond substituents is 1. The van der Waals surface area contributed by atoms with Gasteiger partial charge in [-0.1, -0.05) is 24.3 Å². The van der Waals surface area contributed by atoms with E-state index in [1.807, 2.05) is 0 Å². The third-order valence-electron chi connectivity index (χ3n) is 2.27. The van der Waals surface area contributed by atoms with E-state index in [4.69, 9.17) is 0 Å². The number of nitrogens with zero attached hydrogens (tertiary/aromatic N) is 1. The van der Waals surface area contributed by atoms with Gasteiger partial charge in [-0.05, 0) is 18.2 Å². The minimum absolute atomic E-state index is 0.0317. The van der Waals surface area contributed by atoms with Gasteiger partial charge in [0.1, 0.15) is 11.4 Å². The third-order valence-corrected chi connectivity index (χ3v) is 2.27. The highest BCUT2D eigenvalue weighted by Gasteiger charge is 2.13.